The van der Waals surface area contributed by atoms with Crippen LogP contribution >= 0.6 is 27.3 Å². The van der Waals surface area contributed by atoms with Crippen molar-refractivity contribution in [2.75, 3.05) is 19.6 Å². The van der Waals surface area contributed by atoms with Gasteiger partial charge in [0.2, 0.25) is 5.91 Å². The minimum atomic E-state index is -0.118. The van der Waals surface area contributed by atoms with Crippen molar-refractivity contribution in [1.29, 1.82) is 0 Å². The third kappa shape index (κ3) is 3.98. The van der Waals surface area contributed by atoms with Gasteiger partial charge in [0, 0.05) is 56.5 Å². The summed E-state index contributed by atoms with van der Waals surface area (Å²) < 4.78 is 7.95. The zero-order chi connectivity index (χ0) is 26.2. The first-order valence-corrected chi connectivity index (χ1v) is 16.0. The highest BCUT2D eigenvalue weighted by atomic mass is 79.9. The number of phenols is 1. The van der Waals surface area contributed by atoms with E-state index in [2.05, 4.69) is 39.6 Å². The highest BCUT2D eigenvalue weighted by molar-refractivity contribution is 9.10. The van der Waals surface area contributed by atoms with Gasteiger partial charge in [-0.3, -0.25) is 9.69 Å². The van der Waals surface area contributed by atoms with Crippen LogP contribution in [0.4, 0.5) is 0 Å². The molecule has 7 heteroatoms. The fourth-order valence-electron chi connectivity index (χ4n) is 8.23. The van der Waals surface area contributed by atoms with Gasteiger partial charge in [0.15, 0.2) is 0 Å². The number of thiophene rings is 1. The molecule has 0 radical (unpaired) electrons. The zero-order valence-electron chi connectivity index (χ0n) is 22.2. The number of benzene rings is 1. The number of carbonyl (C=O) groups is 1. The molecule has 5 aliphatic rings. The van der Waals surface area contributed by atoms with Crippen molar-refractivity contribution in [3.63, 3.8) is 0 Å². The second-order valence-corrected chi connectivity index (χ2v) is 14.5. The molecule has 3 heterocycles. The van der Waals surface area contributed by atoms with E-state index in [9.17, 15) is 9.90 Å². The second-order valence-electron chi connectivity index (χ2n) is 12.6. The summed E-state index contributed by atoms with van der Waals surface area (Å²) in [6, 6.07) is 6.34. The highest BCUT2D eigenvalue weighted by Gasteiger charge is 2.66. The Bertz CT molecular complexity index is 1290. The quantitative estimate of drug-likeness (QED) is 0.385. The van der Waals surface area contributed by atoms with E-state index in [1.165, 1.54) is 24.9 Å². The second kappa shape index (κ2) is 9.38. The van der Waals surface area contributed by atoms with Gasteiger partial charge < -0.3 is 14.7 Å². The van der Waals surface area contributed by atoms with Gasteiger partial charge in [-0.05, 0) is 103 Å². The summed E-state index contributed by atoms with van der Waals surface area (Å²) in [5.41, 5.74) is 2.26. The fraction of sp³-hybridized carbons (Fsp3) is 0.581. The summed E-state index contributed by atoms with van der Waals surface area (Å²) >= 11 is 5.15. The minimum Gasteiger partial charge on any atom is -0.508 e. The van der Waals surface area contributed by atoms with Gasteiger partial charge in [-0.15, -0.1) is 11.3 Å². The maximum atomic E-state index is 13.8. The fourth-order valence-corrected chi connectivity index (χ4v) is 9.57. The molecule has 38 heavy (non-hydrogen) atoms. The van der Waals surface area contributed by atoms with E-state index in [1.54, 1.807) is 17.4 Å². The van der Waals surface area contributed by atoms with E-state index >= 15 is 0 Å². The number of carbonyl (C=O) groups excluding carboxylic acids is 1. The van der Waals surface area contributed by atoms with Gasteiger partial charge in [-0.25, -0.2) is 0 Å². The molecule has 0 unspecified atom stereocenters. The third-order valence-corrected chi connectivity index (χ3v) is 11.5. The summed E-state index contributed by atoms with van der Waals surface area (Å²) in [6.07, 6.45) is 10.4. The van der Waals surface area contributed by atoms with Crippen LogP contribution in [0, 0.1) is 17.8 Å². The van der Waals surface area contributed by atoms with Crippen LogP contribution in [-0.2, 0) is 16.6 Å². The number of likely N-dealkylation sites (tertiary alicyclic amines) is 1. The Hall–Kier alpha value is -1.83. The number of rotatable bonds is 7. The van der Waals surface area contributed by atoms with Crippen molar-refractivity contribution in [1.82, 2.24) is 9.80 Å². The van der Waals surface area contributed by atoms with Crippen LogP contribution in [0.1, 0.15) is 62.0 Å². The number of phenolic OH excluding ortho intramolecular Hbond substituents is 1. The lowest BCUT2D eigenvalue weighted by atomic mass is 9.50. The molecule has 3 aliphatic carbocycles. The first-order valence-electron chi connectivity index (χ1n) is 14.3. The van der Waals surface area contributed by atoms with E-state index in [0.29, 0.717) is 30.2 Å². The van der Waals surface area contributed by atoms with Gasteiger partial charge in [0.25, 0.3) is 0 Å². The van der Waals surface area contributed by atoms with Crippen LogP contribution in [0.5, 0.6) is 11.5 Å². The number of halogens is 1. The molecule has 2 bridgehead atoms. The Kier molecular flexibility index (Phi) is 6.21. The van der Waals surface area contributed by atoms with Crippen molar-refractivity contribution in [3.05, 3.63) is 50.1 Å². The molecule has 3 fully saturated rings. The van der Waals surface area contributed by atoms with E-state index in [1.807, 2.05) is 29.7 Å². The Morgan fingerprint density at radius 1 is 1.32 bits per heavy atom. The molecule has 1 saturated heterocycles. The largest absolute Gasteiger partial charge is 0.508 e. The molecule has 1 spiro atoms. The number of amides is 1. The summed E-state index contributed by atoms with van der Waals surface area (Å²) in [6.45, 7) is 7.39. The topological polar surface area (TPSA) is 53.0 Å². The van der Waals surface area contributed by atoms with E-state index in [0.717, 1.165) is 58.8 Å². The molecule has 5 atom stereocenters. The summed E-state index contributed by atoms with van der Waals surface area (Å²) in [5.74, 6) is 3.18. The molecule has 1 amide bonds. The van der Waals surface area contributed by atoms with Crippen LogP contribution in [0.15, 0.2) is 34.1 Å². The van der Waals surface area contributed by atoms with Gasteiger partial charge in [-0.1, -0.05) is 13.8 Å². The van der Waals surface area contributed by atoms with Gasteiger partial charge in [-0.2, -0.15) is 0 Å². The number of aromatic hydroxyl groups is 1. The summed E-state index contributed by atoms with van der Waals surface area (Å²) in [5, 5.41) is 13.1. The van der Waals surface area contributed by atoms with Crippen LogP contribution in [0.2, 0.25) is 0 Å². The predicted molar refractivity (Wildman–Crippen MR) is 155 cm³/mol. The number of ether oxygens (including phenoxy) is 1. The first-order chi connectivity index (χ1) is 18.3. The lowest BCUT2D eigenvalue weighted by Gasteiger charge is -2.60. The van der Waals surface area contributed by atoms with Gasteiger partial charge in [0.1, 0.15) is 17.6 Å². The number of piperidine rings is 1. The molecule has 202 valence electrons. The SMILES string of the molecule is CC(C)CN(C(=O)/C=C/c1cc(Br)cs1)[C@@H]1CC[C@H]2[C@H]3Cc4c(O)ccc5c4[C@@]2(CCN3CC2CC2)[C@H]1O5. The third-order valence-electron chi connectivity index (χ3n) is 9.83. The molecule has 5 nitrogen and oxygen atoms in total. The van der Waals surface area contributed by atoms with Crippen LogP contribution < -0.4 is 4.74 Å². The smallest absolute Gasteiger partial charge is 0.246 e. The normalized spacial score (nSPS) is 31.5. The average Bonchev–Trinajstić information content (AvgIpc) is 3.51. The van der Waals surface area contributed by atoms with Crippen LogP contribution in [0.3, 0.4) is 0 Å². The number of nitrogens with zero attached hydrogens (tertiary/aromatic N) is 2. The molecular weight excluding hydrogens is 560 g/mol. The monoisotopic (exact) mass is 596 g/mol. The highest BCUT2D eigenvalue weighted by Crippen LogP contribution is 2.64. The summed E-state index contributed by atoms with van der Waals surface area (Å²) in [4.78, 5) is 19.7. The standard InChI is InChI=1S/C31H37BrN2O3S/c1-18(2)15-34(28(36)10-5-21-13-20(32)17-38-21)24-7-6-23-25-14-22-26(35)8-9-27-29(22)31(23,30(24)37-27)11-12-33(25)16-19-3-4-19/h5,8-10,13,17-19,23-25,30,35H,3-4,6-7,11-12,14-16H2,1-2H3/b10-5+/t23-,24+,25+,30-,31-/m0/s1. The Labute approximate surface area is 238 Å². The molecule has 2 saturated carbocycles. The van der Waals surface area contributed by atoms with Crippen molar-refractivity contribution < 1.29 is 14.6 Å². The molecule has 2 aromatic rings. The Balaban J connectivity index is 1.26. The van der Waals surface area contributed by atoms with Crippen LogP contribution in [0.25, 0.3) is 6.08 Å². The van der Waals surface area contributed by atoms with E-state index in [-0.39, 0.29) is 23.5 Å². The van der Waals surface area contributed by atoms with E-state index in [4.69, 9.17) is 4.74 Å². The predicted octanol–water partition coefficient (Wildman–Crippen LogP) is 6.23. The Morgan fingerprint density at radius 2 is 2.16 bits per heavy atom. The van der Waals surface area contributed by atoms with E-state index < -0.39 is 0 Å². The number of hydrogen-bond donors (Lipinski definition) is 1. The first kappa shape index (κ1) is 25.2. The molecule has 1 aromatic carbocycles. The maximum absolute atomic E-state index is 13.8. The van der Waals surface area contributed by atoms with Gasteiger partial charge >= 0.3 is 0 Å². The molecular formula is C31H37BrN2O3S. The lowest BCUT2D eigenvalue weighted by molar-refractivity contribution is -0.138. The molecule has 1 N–H and O–H groups in total. The summed E-state index contributed by atoms with van der Waals surface area (Å²) in [7, 11) is 0. The molecule has 7 rings (SSSR count). The Morgan fingerprint density at radius 3 is 2.89 bits per heavy atom. The van der Waals surface area contributed by atoms with Gasteiger partial charge in [0.05, 0.1) is 6.04 Å². The number of hydrogen-bond acceptors (Lipinski definition) is 5. The minimum absolute atomic E-state index is 0.0250. The molecule has 2 aliphatic heterocycles. The average molecular weight is 598 g/mol. The maximum Gasteiger partial charge on any atom is 0.246 e. The van der Waals surface area contributed by atoms with Crippen molar-refractivity contribution in [2.24, 2.45) is 17.8 Å². The van der Waals surface area contributed by atoms with Crippen molar-refractivity contribution in [2.45, 2.75) is 76.0 Å². The van der Waals surface area contributed by atoms with Crippen molar-refractivity contribution >= 4 is 39.2 Å². The molecule has 1 aromatic heterocycles. The lowest BCUT2D eigenvalue weighted by Crippen LogP contribution is -2.69. The zero-order valence-corrected chi connectivity index (χ0v) is 24.6. The van der Waals surface area contributed by atoms with Crippen molar-refractivity contribution in [3.8, 4) is 11.5 Å². The van der Waals surface area contributed by atoms with Crippen LogP contribution in [-0.4, -0.2) is 58.6 Å².